The number of nitrogens with zero attached hydrogens (tertiary/aromatic N) is 1. The van der Waals surface area contributed by atoms with Crippen molar-refractivity contribution in [2.75, 3.05) is 6.61 Å². The highest BCUT2D eigenvalue weighted by molar-refractivity contribution is 4.91. The van der Waals surface area contributed by atoms with E-state index in [9.17, 15) is 10.1 Å². The molecule has 0 amide bonds. The summed E-state index contributed by atoms with van der Waals surface area (Å²) in [6.07, 6.45) is 1.18. The third-order valence-electron chi connectivity index (χ3n) is 1.03. The summed E-state index contributed by atoms with van der Waals surface area (Å²) in [6, 6.07) is 0. The summed E-state index contributed by atoms with van der Waals surface area (Å²) in [4.78, 5) is 13.8. The molecule has 0 spiro atoms. The molecule has 1 unspecified atom stereocenters. The summed E-state index contributed by atoms with van der Waals surface area (Å²) >= 11 is 0. The molecule has 0 heterocycles. The topological polar surface area (TPSA) is 72.6 Å². The molecule has 0 saturated carbocycles. The second-order valence-electron chi connectivity index (χ2n) is 1.99. The van der Waals surface area contributed by atoms with Gasteiger partial charge < -0.3 is 9.94 Å². The molecule has 0 saturated heterocycles. The first-order chi connectivity index (χ1) is 4.54. The van der Waals surface area contributed by atoms with E-state index in [1.165, 1.54) is 13.0 Å². The Morgan fingerprint density at radius 2 is 2.50 bits per heavy atom. The molecule has 0 aliphatic heterocycles. The van der Waals surface area contributed by atoms with Crippen LogP contribution in [0.15, 0.2) is 12.7 Å². The van der Waals surface area contributed by atoms with Crippen LogP contribution in [0.4, 0.5) is 0 Å². The van der Waals surface area contributed by atoms with Gasteiger partial charge in [0.1, 0.15) is 0 Å². The van der Waals surface area contributed by atoms with Gasteiger partial charge in [0.15, 0.2) is 5.60 Å². The van der Waals surface area contributed by atoms with Crippen molar-refractivity contribution < 1.29 is 15.0 Å². The first-order valence-electron chi connectivity index (χ1n) is 2.62. The van der Waals surface area contributed by atoms with Crippen LogP contribution in [0.2, 0.25) is 0 Å². The summed E-state index contributed by atoms with van der Waals surface area (Å²) in [7, 11) is 0. The highest BCUT2D eigenvalue weighted by Gasteiger charge is 2.23. The molecule has 1 atom stereocenters. The molecular formula is C5H9NO4. The molecular weight excluding hydrogens is 138 g/mol. The van der Waals surface area contributed by atoms with E-state index in [0.717, 1.165) is 0 Å². The van der Waals surface area contributed by atoms with Crippen LogP contribution in [0.5, 0.6) is 0 Å². The lowest BCUT2D eigenvalue weighted by Crippen LogP contribution is -2.32. The zero-order valence-electron chi connectivity index (χ0n) is 5.61. The quantitative estimate of drug-likeness (QED) is 0.348. The van der Waals surface area contributed by atoms with Gasteiger partial charge in [0.2, 0.25) is 0 Å². The lowest BCUT2D eigenvalue weighted by Gasteiger charge is -2.18. The van der Waals surface area contributed by atoms with Gasteiger partial charge in [-0.3, -0.25) is 0 Å². The average Bonchev–Trinajstić information content (AvgIpc) is 1.87. The van der Waals surface area contributed by atoms with Crippen molar-refractivity contribution in [2.45, 2.75) is 12.5 Å². The molecule has 10 heavy (non-hydrogen) atoms. The van der Waals surface area contributed by atoms with Crippen LogP contribution in [-0.4, -0.2) is 22.4 Å². The molecule has 0 aromatic rings. The van der Waals surface area contributed by atoms with Crippen LogP contribution in [0.1, 0.15) is 6.92 Å². The fourth-order valence-corrected chi connectivity index (χ4v) is 0.301. The minimum Gasteiger partial charge on any atom is -0.393 e. The summed E-state index contributed by atoms with van der Waals surface area (Å²) in [5, 5.41) is 17.3. The van der Waals surface area contributed by atoms with Gasteiger partial charge >= 0.3 is 0 Å². The van der Waals surface area contributed by atoms with Crippen molar-refractivity contribution in [3.05, 3.63) is 22.8 Å². The van der Waals surface area contributed by atoms with Gasteiger partial charge in [-0.2, -0.15) is 0 Å². The Hall–Kier alpha value is -1.10. The van der Waals surface area contributed by atoms with Gasteiger partial charge in [0.05, 0.1) is 6.61 Å². The highest BCUT2D eigenvalue weighted by atomic mass is 17.0. The van der Waals surface area contributed by atoms with Crippen LogP contribution in [0.3, 0.4) is 0 Å². The number of rotatable bonds is 4. The van der Waals surface area contributed by atoms with Gasteiger partial charge in [-0.15, -0.1) is 16.7 Å². The standard InChI is InChI=1S/C5H9NO4/c1-3-5(2,4-7)10-6(8)9/h3,7H,1,4H2,2H3. The van der Waals surface area contributed by atoms with E-state index in [-0.39, 0.29) is 0 Å². The molecule has 5 heteroatoms. The molecule has 0 radical (unpaired) electrons. The second-order valence-corrected chi connectivity index (χ2v) is 1.99. The van der Waals surface area contributed by atoms with E-state index in [1.54, 1.807) is 0 Å². The number of aliphatic hydroxyl groups is 1. The molecule has 0 rings (SSSR count). The Balaban J connectivity index is 4.05. The lowest BCUT2D eigenvalue weighted by atomic mass is 10.1. The fourth-order valence-electron chi connectivity index (χ4n) is 0.301. The van der Waals surface area contributed by atoms with E-state index >= 15 is 0 Å². The SMILES string of the molecule is C=CC(C)(CO)O[N+](=O)[O-]. The molecule has 0 fully saturated rings. The molecule has 0 aliphatic rings. The molecule has 58 valence electrons. The smallest absolute Gasteiger partial charge is 0.295 e. The molecule has 0 aromatic heterocycles. The van der Waals surface area contributed by atoms with Crippen molar-refractivity contribution >= 4 is 0 Å². The third kappa shape index (κ3) is 2.45. The van der Waals surface area contributed by atoms with E-state index in [2.05, 4.69) is 11.4 Å². The summed E-state index contributed by atoms with van der Waals surface area (Å²) < 4.78 is 0. The summed E-state index contributed by atoms with van der Waals surface area (Å²) in [6.45, 7) is 4.17. The monoisotopic (exact) mass is 147 g/mol. The molecule has 0 aromatic carbocycles. The Kier molecular flexibility index (Phi) is 2.82. The zero-order valence-corrected chi connectivity index (χ0v) is 5.61. The number of aliphatic hydroxyl groups excluding tert-OH is 1. The van der Waals surface area contributed by atoms with Gasteiger partial charge in [-0.1, -0.05) is 6.08 Å². The van der Waals surface area contributed by atoms with E-state index in [0.29, 0.717) is 0 Å². The predicted molar refractivity (Wildman–Crippen MR) is 33.8 cm³/mol. The van der Waals surface area contributed by atoms with Crippen molar-refractivity contribution in [1.82, 2.24) is 0 Å². The van der Waals surface area contributed by atoms with Crippen molar-refractivity contribution in [2.24, 2.45) is 0 Å². The van der Waals surface area contributed by atoms with E-state index < -0.39 is 17.3 Å². The van der Waals surface area contributed by atoms with Gasteiger partial charge in [-0.25, -0.2) is 0 Å². The van der Waals surface area contributed by atoms with Crippen LogP contribution >= 0.6 is 0 Å². The maximum atomic E-state index is 9.76. The first kappa shape index (κ1) is 8.90. The van der Waals surface area contributed by atoms with Gasteiger partial charge in [0, 0.05) is 0 Å². The van der Waals surface area contributed by atoms with Gasteiger partial charge in [0.25, 0.3) is 5.09 Å². The summed E-state index contributed by atoms with van der Waals surface area (Å²) in [5.74, 6) is 0. The molecule has 5 nitrogen and oxygen atoms in total. The Morgan fingerprint density at radius 1 is 2.00 bits per heavy atom. The van der Waals surface area contributed by atoms with Crippen molar-refractivity contribution in [3.8, 4) is 0 Å². The lowest BCUT2D eigenvalue weighted by molar-refractivity contribution is -0.776. The first-order valence-corrected chi connectivity index (χ1v) is 2.62. The van der Waals surface area contributed by atoms with Crippen molar-refractivity contribution in [3.63, 3.8) is 0 Å². The molecule has 0 bridgehead atoms. The molecule has 1 N–H and O–H groups in total. The second kappa shape index (κ2) is 3.17. The molecule has 0 aliphatic carbocycles. The van der Waals surface area contributed by atoms with E-state index in [4.69, 9.17) is 5.11 Å². The van der Waals surface area contributed by atoms with Crippen LogP contribution < -0.4 is 0 Å². The summed E-state index contributed by atoms with van der Waals surface area (Å²) in [5.41, 5.74) is -1.27. The van der Waals surface area contributed by atoms with Crippen LogP contribution in [0.25, 0.3) is 0 Å². The fraction of sp³-hybridized carbons (Fsp3) is 0.600. The Labute approximate surface area is 58.0 Å². The minimum atomic E-state index is -1.27. The number of hydrogen-bond donors (Lipinski definition) is 1. The third-order valence-corrected chi connectivity index (χ3v) is 1.03. The largest absolute Gasteiger partial charge is 0.393 e. The minimum absolute atomic E-state index is 0.461. The van der Waals surface area contributed by atoms with Crippen LogP contribution in [-0.2, 0) is 4.84 Å². The average molecular weight is 147 g/mol. The highest BCUT2D eigenvalue weighted by Crippen LogP contribution is 2.09. The normalized spacial score (nSPS) is 15.4. The van der Waals surface area contributed by atoms with Crippen LogP contribution in [0, 0.1) is 10.1 Å². The Bertz CT molecular complexity index is 147. The van der Waals surface area contributed by atoms with Gasteiger partial charge in [-0.05, 0) is 6.92 Å². The number of hydrogen-bond acceptors (Lipinski definition) is 4. The van der Waals surface area contributed by atoms with Crippen molar-refractivity contribution in [1.29, 1.82) is 0 Å². The maximum absolute atomic E-state index is 9.76. The zero-order chi connectivity index (χ0) is 8.20. The maximum Gasteiger partial charge on any atom is 0.295 e. The Morgan fingerprint density at radius 3 is 2.60 bits per heavy atom. The van der Waals surface area contributed by atoms with E-state index in [1.807, 2.05) is 0 Å². The predicted octanol–water partition coefficient (Wildman–Crippen LogP) is 0.132.